The predicted molar refractivity (Wildman–Crippen MR) is 131 cm³/mol. The third kappa shape index (κ3) is 5.77. The average molecular weight is 448 g/mol. The molecule has 1 aliphatic heterocycles. The lowest BCUT2D eigenvalue weighted by molar-refractivity contribution is -0.125. The number of thiazole rings is 1. The second-order valence-corrected chi connectivity index (χ2v) is 9.13. The number of ether oxygens (including phenoxy) is 1. The Hall–Kier alpha value is -3.12. The fourth-order valence-electron chi connectivity index (χ4n) is 3.88. The quantitative estimate of drug-likeness (QED) is 0.440. The Labute approximate surface area is 194 Å². The van der Waals surface area contributed by atoms with Gasteiger partial charge in [0.25, 0.3) is 0 Å². The number of anilines is 1. The molecule has 0 spiro atoms. The SMILES string of the molecule is Cc1nc(COc2cccc(/C=C/C(=O)N(C)Cc3ccccc3N3CCCC3)c2)cs1. The first kappa shape index (κ1) is 22.1. The third-order valence-electron chi connectivity index (χ3n) is 5.55. The van der Waals surface area contributed by atoms with Crippen molar-refractivity contribution in [3.8, 4) is 5.75 Å². The summed E-state index contributed by atoms with van der Waals surface area (Å²) in [7, 11) is 1.85. The van der Waals surface area contributed by atoms with Gasteiger partial charge in [-0.25, -0.2) is 4.98 Å². The molecule has 0 saturated carbocycles. The number of amides is 1. The Balaban J connectivity index is 1.36. The van der Waals surface area contributed by atoms with Gasteiger partial charge in [-0.1, -0.05) is 30.3 Å². The minimum atomic E-state index is -0.0227. The maximum absolute atomic E-state index is 12.7. The van der Waals surface area contributed by atoms with E-state index >= 15 is 0 Å². The van der Waals surface area contributed by atoms with Gasteiger partial charge >= 0.3 is 0 Å². The van der Waals surface area contributed by atoms with Crippen LogP contribution in [-0.4, -0.2) is 35.9 Å². The molecule has 1 saturated heterocycles. The first-order valence-corrected chi connectivity index (χ1v) is 11.9. The molecule has 0 radical (unpaired) electrons. The zero-order chi connectivity index (χ0) is 22.3. The highest BCUT2D eigenvalue weighted by Crippen LogP contribution is 2.25. The van der Waals surface area contributed by atoms with Crippen molar-refractivity contribution in [1.82, 2.24) is 9.88 Å². The number of nitrogens with zero attached hydrogens (tertiary/aromatic N) is 3. The number of aryl methyl sites for hydroxylation is 1. The summed E-state index contributed by atoms with van der Waals surface area (Å²) in [6, 6.07) is 16.1. The van der Waals surface area contributed by atoms with E-state index in [1.807, 2.05) is 55.8 Å². The first-order valence-electron chi connectivity index (χ1n) is 11.0. The van der Waals surface area contributed by atoms with Crippen LogP contribution in [0.4, 0.5) is 5.69 Å². The molecule has 0 aliphatic carbocycles. The second-order valence-electron chi connectivity index (χ2n) is 8.07. The number of hydrogen-bond acceptors (Lipinski definition) is 5. The lowest BCUT2D eigenvalue weighted by atomic mass is 10.1. The molecule has 4 rings (SSSR count). The minimum Gasteiger partial charge on any atom is -0.487 e. The van der Waals surface area contributed by atoms with Crippen LogP contribution >= 0.6 is 11.3 Å². The molecule has 32 heavy (non-hydrogen) atoms. The number of para-hydroxylation sites is 1. The van der Waals surface area contributed by atoms with Gasteiger partial charge in [-0.2, -0.15) is 0 Å². The molecule has 0 unspecified atom stereocenters. The molecule has 1 fully saturated rings. The van der Waals surface area contributed by atoms with E-state index in [2.05, 4.69) is 28.1 Å². The highest BCUT2D eigenvalue weighted by Gasteiger charge is 2.17. The number of rotatable bonds is 8. The molecular weight excluding hydrogens is 418 g/mol. The summed E-state index contributed by atoms with van der Waals surface area (Å²) < 4.78 is 5.85. The summed E-state index contributed by atoms with van der Waals surface area (Å²) in [4.78, 5) is 21.3. The Morgan fingerprint density at radius 3 is 2.78 bits per heavy atom. The van der Waals surface area contributed by atoms with Gasteiger partial charge in [-0.3, -0.25) is 4.79 Å². The fraction of sp³-hybridized carbons (Fsp3) is 0.308. The van der Waals surface area contributed by atoms with E-state index in [0.29, 0.717) is 13.2 Å². The van der Waals surface area contributed by atoms with Gasteiger partial charge in [-0.05, 0) is 55.2 Å². The molecule has 3 aromatic rings. The zero-order valence-electron chi connectivity index (χ0n) is 18.7. The van der Waals surface area contributed by atoms with E-state index in [9.17, 15) is 4.79 Å². The molecule has 5 nitrogen and oxygen atoms in total. The van der Waals surface area contributed by atoms with Crippen molar-refractivity contribution in [2.45, 2.75) is 32.9 Å². The van der Waals surface area contributed by atoms with E-state index in [0.717, 1.165) is 35.1 Å². The van der Waals surface area contributed by atoms with Crippen LogP contribution < -0.4 is 9.64 Å². The topological polar surface area (TPSA) is 45.7 Å². The maximum atomic E-state index is 12.7. The van der Waals surface area contributed by atoms with Crippen molar-refractivity contribution < 1.29 is 9.53 Å². The van der Waals surface area contributed by atoms with Gasteiger partial charge < -0.3 is 14.5 Å². The molecule has 0 bridgehead atoms. The highest BCUT2D eigenvalue weighted by atomic mass is 32.1. The monoisotopic (exact) mass is 447 g/mol. The van der Waals surface area contributed by atoms with E-state index < -0.39 is 0 Å². The summed E-state index contributed by atoms with van der Waals surface area (Å²) in [5.41, 5.74) is 4.29. The normalized spacial score (nSPS) is 13.6. The Kier molecular flexibility index (Phi) is 7.22. The van der Waals surface area contributed by atoms with Gasteiger partial charge in [0.15, 0.2) is 0 Å². The largest absolute Gasteiger partial charge is 0.487 e. The number of benzene rings is 2. The average Bonchev–Trinajstić information content (AvgIpc) is 3.48. The minimum absolute atomic E-state index is 0.0227. The van der Waals surface area contributed by atoms with Crippen LogP contribution in [0, 0.1) is 6.92 Å². The molecule has 2 heterocycles. The van der Waals surface area contributed by atoms with Crippen molar-refractivity contribution in [3.05, 3.63) is 81.8 Å². The van der Waals surface area contributed by atoms with Gasteiger partial charge in [0, 0.05) is 43.8 Å². The van der Waals surface area contributed by atoms with Gasteiger partial charge in [0.2, 0.25) is 5.91 Å². The Bertz CT molecular complexity index is 1090. The molecule has 1 amide bonds. The number of hydrogen-bond donors (Lipinski definition) is 0. The highest BCUT2D eigenvalue weighted by molar-refractivity contribution is 7.09. The molecule has 1 aromatic heterocycles. The van der Waals surface area contributed by atoms with Crippen LogP contribution in [0.2, 0.25) is 0 Å². The Morgan fingerprint density at radius 1 is 1.19 bits per heavy atom. The lowest BCUT2D eigenvalue weighted by Gasteiger charge is -2.24. The van der Waals surface area contributed by atoms with E-state index in [1.165, 1.54) is 24.1 Å². The van der Waals surface area contributed by atoms with Crippen LogP contribution in [-0.2, 0) is 17.9 Å². The van der Waals surface area contributed by atoms with Gasteiger partial charge in [0.05, 0.1) is 10.7 Å². The molecule has 0 atom stereocenters. The van der Waals surface area contributed by atoms with Crippen molar-refractivity contribution in [2.24, 2.45) is 0 Å². The van der Waals surface area contributed by atoms with Gasteiger partial charge in [0.1, 0.15) is 12.4 Å². The van der Waals surface area contributed by atoms with Crippen LogP contribution in [0.5, 0.6) is 5.75 Å². The van der Waals surface area contributed by atoms with Crippen LogP contribution in [0.1, 0.15) is 34.7 Å². The number of likely N-dealkylation sites (N-methyl/N-ethyl adjacent to an activating group) is 1. The van der Waals surface area contributed by atoms with Crippen LogP contribution in [0.15, 0.2) is 60.0 Å². The van der Waals surface area contributed by atoms with E-state index in [-0.39, 0.29) is 5.91 Å². The van der Waals surface area contributed by atoms with E-state index in [4.69, 9.17) is 4.74 Å². The van der Waals surface area contributed by atoms with Crippen molar-refractivity contribution in [3.63, 3.8) is 0 Å². The summed E-state index contributed by atoms with van der Waals surface area (Å²) in [6.07, 6.45) is 5.93. The Morgan fingerprint density at radius 2 is 2.00 bits per heavy atom. The fourth-order valence-corrected chi connectivity index (χ4v) is 4.48. The van der Waals surface area contributed by atoms with E-state index in [1.54, 1.807) is 22.3 Å². The third-order valence-corrected chi connectivity index (χ3v) is 6.37. The summed E-state index contributed by atoms with van der Waals surface area (Å²) in [6.45, 7) is 5.20. The molecule has 6 heteroatoms. The van der Waals surface area contributed by atoms with Gasteiger partial charge in [-0.15, -0.1) is 11.3 Å². The molecule has 2 aromatic carbocycles. The number of carbonyl (C=O) groups is 1. The van der Waals surface area contributed by atoms with Crippen molar-refractivity contribution >= 4 is 29.0 Å². The van der Waals surface area contributed by atoms with Crippen molar-refractivity contribution in [2.75, 3.05) is 25.0 Å². The molecule has 0 N–H and O–H groups in total. The first-order chi connectivity index (χ1) is 15.6. The zero-order valence-corrected chi connectivity index (χ0v) is 19.5. The smallest absolute Gasteiger partial charge is 0.246 e. The molecule has 166 valence electrons. The van der Waals surface area contributed by atoms with Crippen LogP contribution in [0.3, 0.4) is 0 Å². The molecule has 1 aliphatic rings. The summed E-state index contributed by atoms with van der Waals surface area (Å²) in [5.74, 6) is 0.739. The summed E-state index contributed by atoms with van der Waals surface area (Å²) in [5, 5.41) is 3.04. The second kappa shape index (κ2) is 10.5. The standard InChI is InChI=1S/C26H29N3O2S/c1-20-27-23(19-32-20)18-31-24-10-7-8-21(16-24)12-13-26(30)28(2)17-22-9-3-4-11-25(22)29-14-5-6-15-29/h3-4,7-13,16,19H,5-6,14-15,17-18H2,1-2H3/b13-12+. The van der Waals surface area contributed by atoms with Crippen molar-refractivity contribution in [1.29, 1.82) is 0 Å². The van der Waals surface area contributed by atoms with Crippen LogP contribution in [0.25, 0.3) is 6.08 Å². The maximum Gasteiger partial charge on any atom is 0.246 e. The lowest BCUT2D eigenvalue weighted by Crippen LogP contribution is -2.26. The number of carbonyl (C=O) groups excluding carboxylic acids is 1. The summed E-state index contributed by atoms with van der Waals surface area (Å²) >= 11 is 1.62. The molecular formula is C26H29N3O2S. The number of aromatic nitrogens is 1. The predicted octanol–water partition coefficient (Wildman–Crippen LogP) is 5.30.